The van der Waals surface area contributed by atoms with E-state index in [1.165, 1.54) is 0 Å². The average molecular weight is 394 g/mol. The van der Waals surface area contributed by atoms with Gasteiger partial charge in [0.2, 0.25) is 0 Å². The topological polar surface area (TPSA) is 65.9 Å². The lowest BCUT2D eigenvalue weighted by molar-refractivity contribution is 0.246. The molecule has 1 saturated heterocycles. The molecule has 1 N–H and O–H groups in total. The second-order valence-corrected chi connectivity index (χ2v) is 7.37. The summed E-state index contributed by atoms with van der Waals surface area (Å²) in [6, 6.07) is 11.8. The molecule has 1 aliphatic rings. The number of hydrogen-bond donors (Lipinski definition) is 1. The molecule has 142 valence electrons. The highest BCUT2D eigenvalue weighted by molar-refractivity contribution is 6.30. The first kappa shape index (κ1) is 17.2. The molecule has 0 atom stereocenters. The number of halogens is 1. The lowest BCUT2D eigenvalue weighted by Crippen LogP contribution is -2.46. The molecule has 1 aliphatic heterocycles. The van der Waals surface area contributed by atoms with Crippen molar-refractivity contribution >= 4 is 28.3 Å². The lowest BCUT2D eigenvalue weighted by atomic mass is 10.2. The number of aromatic amines is 1. The number of rotatable bonds is 4. The maximum absolute atomic E-state index is 6.05. The highest BCUT2D eigenvalue weighted by Crippen LogP contribution is 2.29. The summed E-state index contributed by atoms with van der Waals surface area (Å²) in [6.45, 7) is 4.70. The molecule has 5 rings (SSSR count). The minimum atomic E-state index is 0.714. The molecule has 0 radical (unpaired) electrons. The summed E-state index contributed by atoms with van der Waals surface area (Å²) in [4.78, 5) is 9.09. The molecule has 1 fully saturated rings. The molecular formula is C20H20ClN7. The molecule has 0 bridgehead atoms. The Balaban J connectivity index is 1.41. The third-order valence-corrected chi connectivity index (χ3v) is 5.40. The Labute approximate surface area is 167 Å². The van der Waals surface area contributed by atoms with Crippen LogP contribution in [0.5, 0.6) is 0 Å². The number of benzene rings is 1. The second kappa shape index (κ2) is 7.26. The molecule has 28 heavy (non-hydrogen) atoms. The molecule has 7 nitrogen and oxygen atoms in total. The summed E-state index contributed by atoms with van der Waals surface area (Å²) >= 11 is 6.05. The van der Waals surface area contributed by atoms with Crippen molar-refractivity contribution in [1.82, 2.24) is 29.9 Å². The van der Waals surface area contributed by atoms with Crippen LogP contribution in [0.2, 0.25) is 5.02 Å². The van der Waals surface area contributed by atoms with E-state index in [-0.39, 0.29) is 0 Å². The first-order valence-electron chi connectivity index (χ1n) is 9.32. The van der Waals surface area contributed by atoms with Crippen LogP contribution >= 0.6 is 11.6 Å². The Morgan fingerprint density at radius 2 is 1.82 bits per heavy atom. The highest BCUT2D eigenvalue weighted by Gasteiger charge is 2.22. The van der Waals surface area contributed by atoms with Crippen LogP contribution in [0.15, 0.2) is 55.0 Å². The van der Waals surface area contributed by atoms with Gasteiger partial charge in [0.25, 0.3) is 0 Å². The van der Waals surface area contributed by atoms with E-state index >= 15 is 0 Å². The zero-order valence-electron chi connectivity index (χ0n) is 15.3. The van der Waals surface area contributed by atoms with Crippen LogP contribution in [0.1, 0.15) is 5.69 Å². The summed E-state index contributed by atoms with van der Waals surface area (Å²) < 4.78 is 1.95. The number of hydrogen-bond acceptors (Lipinski definition) is 5. The van der Waals surface area contributed by atoms with Crippen molar-refractivity contribution in [3.05, 3.63) is 65.7 Å². The standard InChI is InChI=1S/C20H20ClN7/c21-15-1-3-17(4-2-15)28-19-13-22-7-6-18(19)20(25-28)27-11-9-26(10-12-27)14-16-5-8-23-24-16/h1-8,13H,9-12,14H2,(H,23,24). The summed E-state index contributed by atoms with van der Waals surface area (Å²) in [7, 11) is 0. The lowest BCUT2D eigenvalue weighted by Gasteiger charge is -2.34. The highest BCUT2D eigenvalue weighted by atomic mass is 35.5. The SMILES string of the molecule is Clc1ccc(-n2nc(N3CCN(Cc4cc[nH]n4)CC3)c3ccncc32)cc1. The van der Waals surface area contributed by atoms with Crippen LogP contribution in [-0.4, -0.2) is 56.0 Å². The maximum Gasteiger partial charge on any atom is 0.159 e. The molecule has 4 aromatic rings. The fraction of sp³-hybridized carbons (Fsp3) is 0.250. The molecule has 3 aromatic heterocycles. The first-order valence-corrected chi connectivity index (χ1v) is 9.70. The third kappa shape index (κ3) is 3.23. The van der Waals surface area contributed by atoms with Crippen molar-refractivity contribution in [3.8, 4) is 5.69 Å². The monoisotopic (exact) mass is 393 g/mol. The van der Waals surface area contributed by atoms with Gasteiger partial charge < -0.3 is 4.90 Å². The van der Waals surface area contributed by atoms with Gasteiger partial charge in [0.1, 0.15) is 0 Å². The molecule has 4 heterocycles. The molecule has 8 heteroatoms. The first-order chi connectivity index (χ1) is 13.8. The molecule has 0 spiro atoms. The van der Waals surface area contributed by atoms with Crippen molar-refractivity contribution in [3.63, 3.8) is 0 Å². The number of piperazine rings is 1. The van der Waals surface area contributed by atoms with Crippen LogP contribution in [0.3, 0.4) is 0 Å². The molecule has 0 amide bonds. The third-order valence-electron chi connectivity index (χ3n) is 5.15. The molecular weight excluding hydrogens is 374 g/mol. The van der Waals surface area contributed by atoms with Gasteiger partial charge in [0.05, 0.1) is 23.1 Å². The quantitative estimate of drug-likeness (QED) is 0.577. The Morgan fingerprint density at radius 3 is 2.57 bits per heavy atom. The van der Waals surface area contributed by atoms with Gasteiger partial charge in [0, 0.05) is 55.5 Å². The number of nitrogens with one attached hydrogen (secondary N) is 1. The van der Waals surface area contributed by atoms with Crippen LogP contribution in [0.25, 0.3) is 16.6 Å². The van der Waals surface area contributed by atoms with Crippen molar-refractivity contribution in [2.45, 2.75) is 6.54 Å². The Hall–Kier alpha value is -2.90. The van der Waals surface area contributed by atoms with E-state index in [0.717, 1.165) is 60.8 Å². The summed E-state index contributed by atoms with van der Waals surface area (Å²) in [5.74, 6) is 1.01. The van der Waals surface area contributed by atoms with Crippen LogP contribution in [-0.2, 0) is 6.54 Å². The van der Waals surface area contributed by atoms with E-state index < -0.39 is 0 Å². The van der Waals surface area contributed by atoms with E-state index in [1.807, 2.05) is 59.7 Å². The van der Waals surface area contributed by atoms with Gasteiger partial charge in [0.15, 0.2) is 5.82 Å². The van der Waals surface area contributed by atoms with Gasteiger partial charge in [-0.05, 0) is 36.4 Å². The van der Waals surface area contributed by atoms with E-state index in [4.69, 9.17) is 16.7 Å². The average Bonchev–Trinajstić information content (AvgIpc) is 3.37. The largest absolute Gasteiger partial charge is 0.352 e. The van der Waals surface area contributed by atoms with Crippen LogP contribution in [0.4, 0.5) is 5.82 Å². The summed E-state index contributed by atoms with van der Waals surface area (Å²) in [5.41, 5.74) is 3.06. The Morgan fingerprint density at radius 1 is 1.00 bits per heavy atom. The number of aromatic nitrogens is 5. The number of fused-ring (bicyclic) bond motifs is 1. The number of pyridine rings is 1. The van der Waals surface area contributed by atoms with Crippen LogP contribution < -0.4 is 4.90 Å². The van der Waals surface area contributed by atoms with E-state index in [1.54, 1.807) is 0 Å². The Bertz CT molecular complexity index is 1060. The molecule has 1 aromatic carbocycles. The van der Waals surface area contributed by atoms with Gasteiger partial charge >= 0.3 is 0 Å². The van der Waals surface area contributed by atoms with Gasteiger partial charge in [-0.3, -0.25) is 15.0 Å². The fourth-order valence-corrected chi connectivity index (χ4v) is 3.81. The minimum absolute atomic E-state index is 0.714. The van der Waals surface area contributed by atoms with Crippen LogP contribution in [0, 0.1) is 0 Å². The Kier molecular flexibility index (Phi) is 4.46. The number of nitrogens with zero attached hydrogens (tertiary/aromatic N) is 6. The minimum Gasteiger partial charge on any atom is -0.352 e. The fourth-order valence-electron chi connectivity index (χ4n) is 3.69. The van der Waals surface area contributed by atoms with Crippen molar-refractivity contribution < 1.29 is 0 Å². The zero-order valence-corrected chi connectivity index (χ0v) is 16.0. The normalized spacial score (nSPS) is 15.4. The van der Waals surface area contributed by atoms with Gasteiger partial charge in [-0.2, -0.15) is 5.10 Å². The molecule has 0 unspecified atom stereocenters. The predicted octanol–water partition coefficient (Wildman–Crippen LogP) is 3.12. The number of H-pyrrole nitrogens is 1. The summed E-state index contributed by atoms with van der Waals surface area (Å²) in [6.07, 6.45) is 5.57. The van der Waals surface area contributed by atoms with Gasteiger partial charge in [-0.25, -0.2) is 4.68 Å². The van der Waals surface area contributed by atoms with Crippen molar-refractivity contribution in [2.75, 3.05) is 31.1 Å². The van der Waals surface area contributed by atoms with Crippen molar-refractivity contribution in [1.29, 1.82) is 0 Å². The second-order valence-electron chi connectivity index (χ2n) is 6.93. The summed E-state index contributed by atoms with van der Waals surface area (Å²) in [5, 5.41) is 13.9. The zero-order chi connectivity index (χ0) is 18.9. The van der Waals surface area contributed by atoms with E-state index in [9.17, 15) is 0 Å². The smallest absolute Gasteiger partial charge is 0.159 e. The van der Waals surface area contributed by atoms with Gasteiger partial charge in [-0.1, -0.05) is 11.6 Å². The van der Waals surface area contributed by atoms with E-state index in [2.05, 4.69) is 25.0 Å². The molecule has 0 saturated carbocycles. The molecule has 0 aliphatic carbocycles. The number of anilines is 1. The van der Waals surface area contributed by atoms with E-state index in [0.29, 0.717) is 5.02 Å². The maximum atomic E-state index is 6.05. The predicted molar refractivity (Wildman–Crippen MR) is 110 cm³/mol. The van der Waals surface area contributed by atoms with Gasteiger partial charge in [-0.15, -0.1) is 5.10 Å². The van der Waals surface area contributed by atoms with Crippen molar-refractivity contribution in [2.24, 2.45) is 0 Å².